The number of hydrogen-bond acceptors (Lipinski definition) is 5. The molecule has 2 aliphatic heterocycles. The predicted octanol–water partition coefficient (Wildman–Crippen LogP) is 4.17. The van der Waals surface area contributed by atoms with Crippen LogP contribution in [0.15, 0.2) is 24.3 Å². The Hall–Kier alpha value is -2.57. The zero-order chi connectivity index (χ0) is 22.8. The van der Waals surface area contributed by atoms with E-state index < -0.39 is 0 Å². The van der Waals surface area contributed by atoms with Gasteiger partial charge in [-0.1, -0.05) is 25.0 Å². The van der Waals surface area contributed by atoms with Crippen molar-refractivity contribution in [3.8, 4) is 0 Å². The molecule has 0 bridgehead atoms. The lowest BCUT2D eigenvalue weighted by Gasteiger charge is -2.37. The molecule has 1 aliphatic carbocycles. The van der Waals surface area contributed by atoms with E-state index in [1.54, 1.807) is 0 Å². The Morgan fingerprint density at radius 3 is 2.30 bits per heavy atom. The highest BCUT2D eigenvalue weighted by Gasteiger charge is 2.34. The first-order valence-electron chi connectivity index (χ1n) is 12.8. The van der Waals surface area contributed by atoms with E-state index >= 15 is 0 Å². The number of carbonyl (C=O) groups is 2. The van der Waals surface area contributed by atoms with E-state index in [9.17, 15) is 9.59 Å². The van der Waals surface area contributed by atoms with Crippen LogP contribution < -0.4 is 4.90 Å². The molecule has 2 aromatic rings. The molecule has 3 fully saturated rings. The first kappa shape index (κ1) is 22.2. The van der Waals surface area contributed by atoms with E-state index in [-0.39, 0.29) is 23.7 Å². The van der Waals surface area contributed by atoms with Crippen LogP contribution in [0.1, 0.15) is 64.3 Å². The number of imidazole rings is 1. The van der Waals surface area contributed by atoms with Gasteiger partial charge in [0.15, 0.2) is 0 Å². The molecule has 2 saturated heterocycles. The van der Waals surface area contributed by atoms with Gasteiger partial charge in [0.05, 0.1) is 23.6 Å². The first-order valence-corrected chi connectivity index (χ1v) is 12.8. The molecule has 0 unspecified atom stereocenters. The highest BCUT2D eigenvalue weighted by atomic mass is 16.5. The molecular formula is C26H36N4O3. The molecule has 1 aromatic heterocycles. The van der Waals surface area contributed by atoms with Crippen molar-refractivity contribution in [3.63, 3.8) is 0 Å². The summed E-state index contributed by atoms with van der Waals surface area (Å²) in [4.78, 5) is 34.6. The molecule has 33 heavy (non-hydrogen) atoms. The predicted molar refractivity (Wildman–Crippen MR) is 128 cm³/mol. The van der Waals surface area contributed by atoms with E-state index in [1.807, 2.05) is 11.8 Å². The van der Waals surface area contributed by atoms with E-state index in [2.05, 4.69) is 33.7 Å². The van der Waals surface area contributed by atoms with Gasteiger partial charge in [-0.2, -0.15) is 0 Å². The van der Waals surface area contributed by atoms with Crippen LogP contribution in [0.3, 0.4) is 0 Å². The maximum atomic E-state index is 13.2. The van der Waals surface area contributed by atoms with Crippen LogP contribution in [0.4, 0.5) is 5.95 Å². The number of esters is 1. The van der Waals surface area contributed by atoms with Gasteiger partial charge in [0.1, 0.15) is 0 Å². The molecule has 3 aliphatic rings. The van der Waals surface area contributed by atoms with Crippen molar-refractivity contribution >= 4 is 28.9 Å². The molecule has 7 nitrogen and oxygen atoms in total. The SMILES string of the molecule is CCOC(=O)C1CCN(C(=O)C2CCN(c3nc4ccccc4n3C3CCCC3)CC2)CC1. The van der Waals surface area contributed by atoms with Crippen molar-refractivity contribution in [1.29, 1.82) is 0 Å². The number of amides is 1. The number of piperidine rings is 2. The van der Waals surface area contributed by atoms with Crippen molar-refractivity contribution in [2.24, 2.45) is 11.8 Å². The van der Waals surface area contributed by atoms with Crippen LogP contribution in [0.2, 0.25) is 0 Å². The minimum atomic E-state index is -0.108. The van der Waals surface area contributed by atoms with Gasteiger partial charge < -0.3 is 19.1 Å². The fourth-order valence-electron chi connectivity index (χ4n) is 5.96. The minimum absolute atomic E-state index is 0.0561. The number of fused-ring (bicyclic) bond motifs is 1. The van der Waals surface area contributed by atoms with Gasteiger partial charge in [-0.25, -0.2) is 4.98 Å². The van der Waals surface area contributed by atoms with Crippen LogP contribution in [0, 0.1) is 11.8 Å². The van der Waals surface area contributed by atoms with Crippen molar-refractivity contribution in [2.45, 2.75) is 64.3 Å². The standard InChI is InChI=1S/C26H36N4O3/c1-2-33-25(32)20-13-15-28(16-14-20)24(31)19-11-17-29(18-12-19)26-27-22-9-5-6-10-23(22)30(26)21-7-3-4-8-21/h5-6,9-10,19-21H,2-4,7-8,11-18H2,1H3. The van der Waals surface area contributed by atoms with E-state index in [0.717, 1.165) is 50.2 Å². The molecule has 1 amide bonds. The number of para-hydroxylation sites is 2. The molecule has 3 heterocycles. The summed E-state index contributed by atoms with van der Waals surface area (Å²) in [7, 11) is 0. The summed E-state index contributed by atoms with van der Waals surface area (Å²) in [5.41, 5.74) is 2.31. The van der Waals surface area contributed by atoms with Crippen LogP contribution in [0.5, 0.6) is 0 Å². The van der Waals surface area contributed by atoms with Crippen LogP contribution in [0.25, 0.3) is 11.0 Å². The molecule has 0 radical (unpaired) electrons. The average Bonchev–Trinajstić information content (AvgIpc) is 3.52. The van der Waals surface area contributed by atoms with Gasteiger partial charge in [-0.3, -0.25) is 9.59 Å². The normalized spacial score (nSPS) is 21.1. The van der Waals surface area contributed by atoms with Gasteiger partial charge in [-0.15, -0.1) is 0 Å². The molecule has 1 saturated carbocycles. The first-order chi connectivity index (χ1) is 16.2. The Morgan fingerprint density at radius 2 is 1.61 bits per heavy atom. The zero-order valence-corrected chi connectivity index (χ0v) is 19.7. The summed E-state index contributed by atoms with van der Waals surface area (Å²) < 4.78 is 7.64. The van der Waals surface area contributed by atoms with Crippen molar-refractivity contribution < 1.29 is 14.3 Å². The maximum absolute atomic E-state index is 13.2. The van der Waals surface area contributed by atoms with Crippen molar-refractivity contribution in [3.05, 3.63) is 24.3 Å². The lowest BCUT2D eigenvalue weighted by atomic mass is 9.92. The number of benzene rings is 1. The number of ether oxygens (including phenoxy) is 1. The largest absolute Gasteiger partial charge is 0.466 e. The van der Waals surface area contributed by atoms with Gasteiger partial charge in [0.2, 0.25) is 11.9 Å². The lowest BCUT2D eigenvalue weighted by molar-refractivity contribution is -0.151. The van der Waals surface area contributed by atoms with Crippen molar-refractivity contribution in [2.75, 3.05) is 37.7 Å². The fourth-order valence-corrected chi connectivity index (χ4v) is 5.96. The number of carbonyl (C=O) groups excluding carboxylic acids is 2. The quantitative estimate of drug-likeness (QED) is 0.637. The number of rotatable bonds is 5. The van der Waals surface area contributed by atoms with Crippen LogP contribution in [-0.4, -0.2) is 59.1 Å². The number of likely N-dealkylation sites (tertiary alicyclic amines) is 1. The number of anilines is 1. The topological polar surface area (TPSA) is 67.7 Å². The van der Waals surface area contributed by atoms with Gasteiger partial charge >= 0.3 is 5.97 Å². The lowest BCUT2D eigenvalue weighted by Crippen LogP contribution is -2.46. The molecular weight excluding hydrogens is 416 g/mol. The summed E-state index contributed by atoms with van der Waals surface area (Å²) >= 11 is 0. The molecule has 0 spiro atoms. The Balaban J connectivity index is 1.22. The second-order valence-corrected chi connectivity index (χ2v) is 9.82. The van der Waals surface area contributed by atoms with Gasteiger partial charge in [0.25, 0.3) is 0 Å². The zero-order valence-electron chi connectivity index (χ0n) is 19.7. The van der Waals surface area contributed by atoms with Gasteiger partial charge in [0, 0.05) is 38.1 Å². The monoisotopic (exact) mass is 452 g/mol. The van der Waals surface area contributed by atoms with E-state index in [4.69, 9.17) is 9.72 Å². The summed E-state index contributed by atoms with van der Waals surface area (Å²) in [6, 6.07) is 9.01. The number of hydrogen-bond donors (Lipinski definition) is 0. The Bertz CT molecular complexity index is 981. The van der Waals surface area contributed by atoms with Gasteiger partial charge in [-0.05, 0) is 57.6 Å². The second-order valence-electron chi connectivity index (χ2n) is 9.82. The summed E-state index contributed by atoms with van der Waals surface area (Å²) in [6.45, 7) is 5.33. The maximum Gasteiger partial charge on any atom is 0.309 e. The third kappa shape index (κ3) is 4.46. The van der Waals surface area contributed by atoms with E-state index in [1.165, 1.54) is 31.2 Å². The van der Waals surface area contributed by atoms with E-state index in [0.29, 0.717) is 25.7 Å². The number of aromatic nitrogens is 2. The molecule has 5 rings (SSSR count). The highest BCUT2D eigenvalue weighted by Crippen LogP contribution is 2.37. The number of nitrogens with zero attached hydrogens (tertiary/aromatic N) is 4. The second kappa shape index (κ2) is 9.74. The van der Waals surface area contributed by atoms with Crippen molar-refractivity contribution in [1.82, 2.24) is 14.5 Å². The highest BCUT2D eigenvalue weighted by molar-refractivity contribution is 5.81. The molecule has 0 N–H and O–H groups in total. The summed E-state index contributed by atoms with van der Waals surface area (Å²) in [5, 5.41) is 0. The smallest absolute Gasteiger partial charge is 0.309 e. The Kier molecular flexibility index (Phi) is 6.56. The molecule has 0 atom stereocenters. The Morgan fingerprint density at radius 1 is 0.939 bits per heavy atom. The average molecular weight is 453 g/mol. The minimum Gasteiger partial charge on any atom is -0.466 e. The Labute approximate surface area is 196 Å². The summed E-state index contributed by atoms with van der Waals surface area (Å²) in [5.74, 6) is 1.26. The third-order valence-corrected chi connectivity index (χ3v) is 7.82. The van der Waals surface area contributed by atoms with Crippen LogP contribution in [-0.2, 0) is 14.3 Å². The summed E-state index contributed by atoms with van der Waals surface area (Å²) in [6.07, 6.45) is 8.20. The molecule has 7 heteroatoms. The fraction of sp³-hybridized carbons (Fsp3) is 0.654. The molecule has 178 valence electrons. The van der Waals surface area contributed by atoms with Crippen LogP contribution >= 0.6 is 0 Å². The third-order valence-electron chi connectivity index (χ3n) is 7.82. The molecule has 1 aromatic carbocycles.